The first kappa shape index (κ1) is 12.0. The number of hydrogen-bond donors (Lipinski definition) is 1. The van der Waals surface area contributed by atoms with Crippen molar-refractivity contribution in [3.05, 3.63) is 53.9 Å². The fraction of sp³-hybridized carbons (Fsp3) is 0.312. The summed E-state index contributed by atoms with van der Waals surface area (Å²) < 4.78 is 5.52. The first-order chi connectivity index (χ1) is 9.36. The highest BCUT2D eigenvalue weighted by molar-refractivity contribution is 5.50. The molecule has 0 radical (unpaired) electrons. The molecule has 1 heterocycles. The Kier molecular flexibility index (Phi) is 3.36. The fourth-order valence-corrected chi connectivity index (χ4v) is 2.60. The molecular formula is C16H18N2O. The summed E-state index contributed by atoms with van der Waals surface area (Å²) in [6.07, 6.45) is 4.08. The van der Waals surface area contributed by atoms with Gasteiger partial charge < -0.3 is 10.1 Å². The van der Waals surface area contributed by atoms with Gasteiger partial charge in [-0.1, -0.05) is 12.1 Å². The molecule has 3 nitrogen and oxygen atoms in total. The zero-order valence-corrected chi connectivity index (χ0v) is 11.1. The number of nitrogens with zero attached hydrogens (tertiary/aromatic N) is 1. The molecule has 1 aromatic carbocycles. The third-order valence-electron chi connectivity index (χ3n) is 3.44. The second-order valence-electron chi connectivity index (χ2n) is 4.74. The lowest BCUT2D eigenvalue weighted by atomic mass is 10.2. The van der Waals surface area contributed by atoms with Gasteiger partial charge in [0.25, 0.3) is 0 Å². The van der Waals surface area contributed by atoms with Gasteiger partial charge in [0.1, 0.15) is 5.75 Å². The van der Waals surface area contributed by atoms with Gasteiger partial charge in [0.2, 0.25) is 0 Å². The van der Waals surface area contributed by atoms with Crippen molar-refractivity contribution >= 4 is 5.69 Å². The van der Waals surface area contributed by atoms with Gasteiger partial charge in [0.05, 0.1) is 18.3 Å². The average molecular weight is 254 g/mol. The number of anilines is 1. The fourth-order valence-electron chi connectivity index (χ4n) is 2.60. The zero-order chi connectivity index (χ0) is 13.1. The standard InChI is InChI=1S/C16H18N2O/c1-2-19-14-7-3-6-13(11-14)18-15-9-8-12-5-4-10-17-16(12)15/h3-7,10-11,15,18H,2,8-9H2,1H3. The average Bonchev–Trinajstić information content (AvgIpc) is 2.83. The van der Waals surface area contributed by atoms with Crippen LogP contribution in [0, 0.1) is 0 Å². The quantitative estimate of drug-likeness (QED) is 0.905. The summed E-state index contributed by atoms with van der Waals surface area (Å²) in [6.45, 7) is 2.69. The highest BCUT2D eigenvalue weighted by Crippen LogP contribution is 2.32. The van der Waals surface area contributed by atoms with Crippen LogP contribution in [0.1, 0.15) is 30.6 Å². The molecule has 0 aliphatic heterocycles. The van der Waals surface area contributed by atoms with Gasteiger partial charge >= 0.3 is 0 Å². The van der Waals surface area contributed by atoms with E-state index in [0.717, 1.165) is 24.3 Å². The Labute approximate surface area is 113 Å². The minimum absolute atomic E-state index is 0.313. The van der Waals surface area contributed by atoms with Crippen molar-refractivity contribution in [1.29, 1.82) is 0 Å². The number of nitrogens with one attached hydrogen (secondary N) is 1. The maximum Gasteiger partial charge on any atom is 0.121 e. The Morgan fingerprint density at radius 2 is 2.26 bits per heavy atom. The molecule has 1 unspecified atom stereocenters. The van der Waals surface area contributed by atoms with Gasteiger partial charge in [-0.2, -0.15) is 0 Å². The zero-order valence-electron chi connectivity index (χ0n) is 11.1. The van der Waals surface area contributed by atoms with Crippen molar-refractivity contribution in [3.8, 4) is 5.75 Å². The van der Waals surface area contributed by atoms with Gasteiger partial charge in [-0.25, -0.2) is 0 Å². The summed E-state index contributed by atoms with van der Waals surface area (Å²) in [4.78, 5) is 4.50. The van der Waals surface area contributed by atoms with Crippen LogP contribution in [-0.2, 0) is 6.42 Å². The van der Waals surface area contributed by atoms with Crippen molar-refractivity contribution in [2.24, 2.45) is 0 Å². The van der Waals surface area contributed by atoms with Crippen LogP contribution in [0.4, 0.5) is 5.69 Å². The lowest BCUT2D eigenvalue weighted by Gasteiger charge is -2.15. The molecule has 0 amide bonds. The number of aromatic nitrogens is 1. The van der Waals surface area contributed by atoms with E-state index in [2.05, 4.69) is 22.4 Å². The predicted octanol–water partition coefficient (Wildman–Crippen LogP) is 3.58. The Hall–Kier alpha value is -2.03. The van der Waals surface area contributed by atoms with Crippen LogP contribution in [0.5, 0.6) is 5.75 Å². The number of fused-ring (bicyclic) bond motifs is 1. The molecule has 2 aromatic rings. The van der Waals surface area contributed by atoms with Gasteiger partial charge in [0, 0.05) is 18.0 Å². The maximum atomic E-state index is 5.52. The molecule has 0 bridgehead atoms. The number of aryl methyl sites for hydroxylation is 1. The molecule has 98 valence electrons. The molecule has 1 aliphatic carbocycles. The van der Waals surface area contributed by atoms with Gasteiger partial charge in [-0.3, -0.25) is 4.98 Å². The summed E-state index contributed by atoms with van der Waals surface area (Å²) in [5.74, 6) is 0.909. The van der Waals surface area contributed by atoms with Crippen molar-refractivity contribution in [1.82, 2.24) is 4.98 Å². The van der Waals surface area contributed by atoms with E-state index < -0.39 is 0 Å². The van der Waals surface area contributed by atoms with E-state index in [9.17, 15) is 0 Å². The molecular weight excluding hydrogens is 236 g/mol. The van der Waals surface area contributed by atoms with Crippen LogP contribution >= 0.6 is 0 Å². The highest BCUT2D eigenvalue weighted by Gasteiger charge is 2.23. The van der Waals surface area contributed by atoms with Gasteiger partial charge in [-0.15, -0.1) is 0 Å². The molecule has 1 N–H and O–H groups in total. The van der Waals surface area contributed by atoms with E-state index in [4.69, 9.17) is 4.74 Å². The Morgan fingerprint density at radius 3 is 3.16 bits per heavy atom. The van der Waals surface area contributed by atoms with E-state index in [1.165, 1.54) is 11.3 Å². The van der Waals surface area contributed by atoms with E-state index in [1.54, 1.807) is 0 Å². The van der Waals surface area contributed by atoms with Crippen molar-refractivity contribution in [2.75, 3.05) is 11.9 Å². The van der Waals surface area contributed by atoms with Crippen molar-refractivity contribution in [2.45, 2.75) is 25.8 Å². The number of hydrogen-bond acceptors (Lipinski definition) is 3. The maximum absolute atomic E-state index is 5.52. The summed E-state index contributed by atoms with van der Waals surface area (Å²) in [5.41, 5.74) is 3.64. The van der Waals surface area contributed by atoms with E-state index in [0.29, 0.717) is 12.6 Å². The molecule has 0 saturated carbocycles. The lowest BCUT2D eigenvalue weighted by Crippen LogP contribution is -2.08. The smallest absolute Gasteiger partial charge is 0.121 e. The van der Waals surface area contributed by atoms with Crippen molar-refractivity contribution < 1.29 is 4.74 Å². The Balaban J connectivity index is 1.77. The van der Waals surface area contributed by atoms with E-state index in [1.807, 2.05) is 37.4 Å². The van der Waals surface area contributed by atoms with Crippen LogP contribution in [-0.4, -0.2) is 11.6 Å². The van der Waals surface area contributed by atoms with Gasteiger partial charge in [-0.05, 0) is 43.5 Å². The first-order valence-corrected chi connectivity index (χ1v) is 6.80. The van der Waals surface area contributed by atoms with Gasteiger partial charge in [0.15, 0.2) is 0 Å². The van der Waals surface area contributed by atoms with Crippen LogP contribution in [0.25, 0.3) is 0 Å². The third-order valence-corrected chi connectivity index (χ3v) is 3.44. The molecule has 3 rings (SSSR count). The first-order valence-electron chi connectivity index (χ1n) is 6.80. The normalized spacial score (nSPS) is 17.0. The van der Waals surface area contributed by atoms with Crippen LogP contribution in [0.15, 0.2) is 42.6 Å². The number of benzene rings is 1. The van der Waals surface area contributed by atoms with E-state index in [-0.39, 0.29) is 0 Å². The van der Waals surface area contributed by atoms with Crippen LogP contribution in [0.2, 0.25) is 0 Å². The molecule has 0 fully saturated rings. The molecule has 1 atom stereocenters. The van der Waals surface area contributed by atoms with Crippen molar-refractivity contribution in [3.63, 3.8) is 0 Å². The number of ether oxygens (including phenoxy) is 1. The molecule has 0 spiro atoms. The van der Waals surface area contributed by atoms with Crippen LogP contribution in [0.3, 0.4) is 0 Å². The minimum Gasteiger partial charge on any atom is -0.494 e. The SMILES string of the molecule is CCOc1cccc(NC2CCc3cccnc32)c1. The lowest BCUT2D eigenvalue weighted by molar-refractivity contribution is 0.340. The summed E-state index contributed by atoms with van der Waals surface area (Å²) in [5, 5.41) is 3.55. The monoisotopic (exact) mass is 254 g/mol. The number of rotatable bonds is 4. The highest BCUT2D eigenvalue weighted by atomic mass is 16.5. The van der Waals surface area contributed by atoms with E-state index >= 15 is 0 Å². The summed E-state index contributed by atoms with van der Waals surface area (Å²) in [6, 6.07) is 12.6. The predicted molar refractivity (Wildman–Crippen MR) is 76.5 cm³/mol. The topological polar surface area (TPSA) is 34.1 Å². The molecule has 19 heavy (non-hydrogen) atoms. The summed E-state index contributed by atoms with van der Waals surface area (Å²) in [7, 11) is 0. The molecule has 1 aromatic heterocycles. The second-order valence-corrected chi connectivity index (χ2v) is 4.74. The molecule has 1 aliphatic rings. The Morgan fingerprint density at radius 1 is 1.32 bits per heavy atom. The minimum atomic E-state index is 0.313. The van der Waals surface area contributed by atoms with Crippen LogP contribution < -0.4 is 10.1 Å². The number of pyridine rings is 1. The largest absolute Gasteiger partial charge is 0.494 e. The second kappa shape index (κ2) is 5.31. The molecule has 0 saturated heterocycles. The molecule has 3 heteroatoms. The third kappa shape index (κ3) is 2.55. The Bertz CT molecular complexity index is 568. The summed E-state index contributed by atoms with van der Waals surface area (Å²) >= 11 is 0.